The van der Waals surface area contributed by atoms with E-state index in [0.717, 1.165) is 22.5 Å². The number of pyridine rings is 1. The molecule has 0 amide bonds. The van der Waals surface area contributed by atoms with Gasteiger partial charge in [0, 0.05) is 28.5 Å². The van der Waals surface area contributed by atoms with Crippen LogP contribution in [-0.2, 0) is 0 Å². The highest BCUT2D eigenvalue weighted by Gasteiger charge is 2.17. The predicted molar refractivity (Wildman–Crippen MR) is 100 cm³/mol. The van der Waals surface area contributed by atoms with Crippen molar-refractivity contribution in [3.8, 4) is 17.3 Å². The topological polar surface area (TPSA) is 61.9 Å². The van der Waals surface area contributed by atoms with Gasteiger partial charge in [-0.15, -0.1) is 0 Å². The van der Waals surface area contributed by atoms with Crippen molar-refractivity contribution >= 4 is 10.8 Å². The first kappa shape index (κ1) is 16.1. The van der Waals surface area contributed by atoms with Crippen LogP contribution in [0.3, 0.4) is 0 Å². The number of methoxy groups -OCH3 is 1. The molecular weight excluding hydrogens is 328 g/mol. The molecule has 0 fully saturated rings. The largest absolute Gasteiger partial charge is 0.481 e. The van der Waals surface area contributed by atoms with E-state index in [1.165, 1.54) is 4.68 Å². The Balaban J connectivity index is 1.96. The van der Waals surface area contributed by atoms with Crippen LogP contribution in [0.5, 0.6) is 5.88 Å². The summed E-state index contributed by atoms with van der Waals surface area (Å²) in [5.74, 6) is 0.491. The molecule has 130 valence electrons. The third kappa shape index (κ3) is 2.38. The Morgan fingerprint density at radius 1 is 0.923 bits per heavy atom. The molecule has 0 saturated carbocycles. The highest BCUT2D eigenvalue weighted by atomic mass is 16.5. The van der Waals surface area contributed by atoms with Crippen molar-refractivity contribution < 1.29 is 4.74 Å². The first-order valence-electron chi connectivity index (χ1n) is 8.27. The molecule has 0 bridgehead atoms. The second-order valence-corrected chi connectivity index (χ2v) is 6.05. The predicted octanol–water partition coefficient (Wildman–Crippen LogP) is 3.20. The fourth-order valence-electron chi connectivity index (χ4n) is 3.33. The van der Waals surface area contributed by atoms with Crippen molar-refractivity contribution in [1.29, 1.82) is 0 Å². The molecule has 6 heteroatoms. The summed E-state index contributed by atoms with van der Waals surface area (Å²) in [6, 6.07) is 13.5. The Morgan fingerprint density at radius 2 is 1.69 bits per heavy atom. The molecule has 6 nitrogen and oxygen atoms in total. The van der Waals surface area contributed by atoms with Gasteiger partial charge in [0.1, 0.15) is 0 Å². The number of aromatic nitrogens is 4. The van der Waals surface area contributed by atoms with E-state index in [0.29, 0.717) is 17.0 Å². The van der Waals surface area contributed by atoms with Crippen molar-refractivity contribution in [2.75, 3.05) is 7.11 Å². The van der Waals surface area contributed by atoms with Crippen molar-refractivity contribution in [3.63, 3.8) is 0 Å². The van der Waals surface area contributed by atoms with E-state index in [1.807, 2.05) is 44.2 Å². The molecule has 0 atom stereocenters. The average Bonchev–Trinajstić information content (AvgIpc) is 2.94. The summed E-state index contributed by atoms with van der Waals surface area (Å²) in [5.41, 5.74) is 3.35. The van der Waals surface area contributed by atoms with Gasteiger partial charge >= 0.3 is 0 Å². The van der Waals surface area contributed by atoms with E-state index in [-0.39, 0.29) is 5.56 Å². The third-order valence-electron chi connectivity index (χ3n) is 4.59. The number of hydrogen-bond donors (Lipinski definition) is 0. The van der Waals surface area contributed by atoms with Crippen LogP contribution in [0.2, 0.25) is 0 Å². The summed E-state index contributed by atoms with van der Waals surface area (Å²) in [6.07, 6.45) is 3.32. The zero-order valence-corrected chi connectivity index (χ0v) is 14.8. The molecule has 0 N–H and O–H groups in total. The standard InChI is InChI=1S/C20H18N4O2/c1-13-17-12-22-24(16-9-10-18(26-3)21-11-16)20(25)19(17)14(2)23(13)15-7-5-4-6-8-15/h4-12H,1-3H3. The van der Waals surface area contributed by atoms with E-state index < -0.39 is 0 Å². The van der Waals surface area contributed by atoms with E-state index in [9.17, 15) is 4.79 Å². The highest BCUT2D eigenvalue weighted by molar-refractivity contribution is 5.88. The summed E-state index contributed by atoms with van der Waals surface area (Å²) in [4.78, 5) is 17.3. The molecule has 0 spiro atoms. The second kappa shape index (κ2) is 6.15. The number of benzene rings is 1. The molecule has 26 heavy (non-hydrogen) atoms. The summed E-state index contributed by atoms with van der Waals surface area (Å²) >= 11 is 0. The Bertz CT molecular complexity index is 1140. The van der Waals surface area contributed by atoms with Gasteiger partial charge < -0.3 is 9.30 Å². The van der Waals surface area contributed by atoms with Crippen molar-refractivity contribution in [2.45, 2.75) is 13.8 Å². The van der Waals surface area contributed by atoms with E-state index >= 15 is 0 Å². The van der Waals surface area contributed by atoms with Crippen LogP contribution in [0.15, 0.2) is 59.7 Å². The molecule has 3 aromatic heterocycles. The number of ether oxygens (including phenoxy) is 1. The minimum absolute atomic E-state index is 0.162. The number of aryl methyl sites for hydroxylation is 2. The third-order valence-corrected chi connectivity index (χ3v) is 4.59. The lowest BCUT2D eigenvalue weighted by atomic mass is 10.2. The molecule has 0 radical (unpaired) electrons. The fraction of sp³-hybridized carbons (Fsp3) is 0.150. The Kier molecular flexibility index (Phi) is 3.80. The highest BCUT2D eigenvalue weighted by Crippen LogP contribution is 2.26. The lowest BCUT2D eigenvalue weighted by Crippen LogP contribution is -2.21. The molecule has 0 saturated heterocycles. The van der Waals surface area contributed by atoms with Gasteiger partial charge in [0.15, 0.2) is 0 Å². The van der Waals surface area contributed by atoms with Crippen LogP contribution in [0.1, 0.15) is 11.4 Å². The minimum atomic E-state index is -0.162. The van der Waals surface area contributed by atoms with E-state index in [1.54, 1.807) is 31.6 Å². The summed E-state index contributed by atoms with van der Waals surface area (Å²) in [7, 11) is 1.55. The first-order chi connectivity index (χ1) is 12.6. The van der Waals surface area contributed by atoms with Gasteiger partial charge in [-0.25, -0.2) is 4.98 Å². The van der Waals surface area contributed by atoms with Gasteiger partial charge in [-0.1, -0.05) is 18.2 Å². The van der Waals surface area contributed by atoms with Crippen LogP contribution in [-0.4, -0.2) is 26.4 Å². The Labute approximate surface area is 150 Å². The van der Waals surface area contributed by atoms with Gasteiger partial charge in [0.25, 0.3) is 5.56 Å². The smallest absolute Gasteiger partial charge is 0.281 e. The van der Waals surface area contributed by atoms with Crippen molar-refractivity contribution in [3.05, 3.63) is 76.6 Å². The summed E-state index contributed by atoms with van der Waals surface area (Å²) in [6.45, 7) is 3.96. The van der Waals surface area contributed by atoms with E-state index in [4.69, 9.17) is 4.74 Å². The van der Waals surface area contributed by atoms with Crippen LogP contribution in [0.25, 0.3) is 22.1 Å². The molecule has 0 aliphatic carbocycles. The van der Waals surface area contributed by atoms with Gasteiger partial charge in [0.2, 0.25) is 5.88 Å². The zero-order valence-electron chi connectivity index (χ0n) is 14.8. The van der Waals surface area contributed by atoms with Crippen LogP contribution in [0, 0.1) is 13.8 Å². The quantitative estimate of drug-likeness (QED) is 0.571. The summed E-state index contributed by atoms with van der Waals surface area (Å²) in [5, 5.41) is 5.87. The maximum atomic E-state index is 13.1. The lowest BCUT2D eigenvalue weighted by molar-refractivity contribution is 0.397. The van der Waals surface area contributed by atoms with Crippen LogP contribution in [0.4, 0.5) is 0 Å². The fourth-order valence-corrected chi connectivity index (χ4v) is 3.33. The van der Waals surface area contributed by atoms with E-state index in [2.05, 4.69) is 14.6 Å². The maximum absolute atomic E-state index is 13.1. The van der Waals surface area contributed by atoms with Gasteiger partial charge in [-0.05, 0) is 32.0 Å². The first-order valence-corrected chi connectivity index (χ1v) is 8.27. The number of nitrogens with zero attached hydrogens (tertiary/aromatic N) is 4. The van der Waals surface area contributed by atoms with Gasteiger partial charge in [-0.2, -0.15) is 9.78 Å². The number of rotatable bonds is 3. The lowest BCUT2D eigenvalue weighted by Gasteiger charge is -2.08. The van der Waals surface area contributed by atoms with Crippen LogP contribution >= 0.6 is 0 Å². The van der Waals surface area contributed by atoms with Crippen LogP contribution < -0.4 is 10.3 Å². The molecule has 4 aromatic rings. The normalized spacial score (nSPS) is 11.0. The molecule has 3 heterocycles. The van der Waals surface area contributed by atoms with Crippen molar-refractivity contribution in [2.24, 2.45) is 0 Å². The van der Waals surface area contributed by atoms with Gasteiger partial charge in [-0.3, -0.25) is 4.79 Å². The van der Waals surface area contributed by atoms with Crippen molar-refractivity contribution in [1.82, 2.24) is 19.3 Å². The molecule has 4 rings (SSSR count). The zero-order chi connectivity index (χ0) is 18.3. The molecular formula is C20H18N4O2. The maximum Gasteiger partial charge on any atom is 0.281 e. The SMILES string of the molecule is COc1ccc(-n2ncc3c(C)n(-c4ccccc4)c(C)c3c2=O)cn1. The Hall–Kier alpha value is -3.41. The van der Waals surface area contributed by atoms with Gasteiger partial charge in [0.05, 0.1) is 30.6 Å². The summed E-state index contributed by atoms with van der Waals surface area (Å²) < 4.78 is 8.53. The monoisotopic (exact) mass is 346 g/mol. The minimum Gasteiger partial charge on any atom is -0.481 e. The molecule has 0 unspecified atom stereocenters. The molecule has 1 aromatic carbocycles. The number of hydrogen-bond acceptors (Lipinski definition) is 4. The Morgan fingerprint density at radius 3 is 2.35 bits per heavy atom. The average molecular weight is 346 g/mol. The second-order valence-electron chi connectivity index (χ2n) is 6.05. The number of fused-ring (bicyclic) bond motifs is 1. The molecule has 0 aliphatic heterocycles. The molecule has 0 aliphatic rings. The number of para-hydroxylation sites is 1.